The molecule has 0 radical (unpaired) electrons. The summed E-state index contributed by atoms with van der Waals surface area (Å²) in [5, 5.41) is 1.10. The van der Waals surface area contributed by atoms with Crippen LogP contribution in [0.15, 0.2) is 30.3 Å². The average Bonchev–Trinajstić information content (AvgIpc) is 2.42. The molecule has 0 atom stereocenters. The zero-order chi connectivity index (χ0) is 12.8. The molecule has 96 valence electrons. The van der Waals surface area contributed by atoms with Crippen molar-refractivity contribution in [1.82, 2.24) is 4.98 Å². The van der Waals surface area contributed by atoms with Crippen LogP contribution in [0.5, 0.6) is 5.75 Å². The van der Waals surface area contributed by atoms with Crippen molar-refractivity contribution in [3.63, 3.8) is 0 Å². The number of methoxy groups -OCH3 is 1. The number of aryl methyl sites for hydroxylation is 1. The molecule has 0 saturated carbocycles. The van der Waals surface area contributed by atoms with E-state index in [9.17, 15) is 0 Å². The molecule has 0 aliphatic carbocycles. The number of pyridine rings is 1. The first-order valence-electron chi connectivity index (χ1n) is 6.35. The normalized spacial score (nSPS) is 10.8. The second-order valence-corrected chi connectivity index (χ2v) is 4.28. The van der Waals surface area contributed by atoms with Crippen LogP contribution in [0.3, 0.4) is 0 Å². The largest absolute Gasteiger partial charge is 0.466 e. The molecule has 18 heavy (non-hydrogen) atoms. The number of benzene rings is 1. The molecule has 0 fully saturated rings. The van der Waals surface area contributed by atoms with Crippen LogP contribution in [-0.2, 0) is 11.2 Å². The number of nitrogens with zero attached hydrogens (tertiary/aromatic N) is 1. The number of unbranched alkanes of at least 4 members (excludes halogenated alkanes) is 1. The van der Waals surface area contributed by atoms with Gasteiger partial charge >= 0.3 is 0 Å². The van der Waals surface area contributed by atoms with E-state index in [-0.39, 0.29) is 6.79 Å². The van der Waals surface area contributed by atoms with Gasteiger partial charge < -0.3 is 9.47 Å². The second-order valence-electron chi connectivity index (χ2n) is 4.28. The Bertz CT molecular complexity index is 464. The van der Waals surface area contributed by atoms with Gasteiger partial charge in [-0.2, -0.15) is 0 Å². The van der Waals surface area contributed by atoms with Crippen LogP contribution >= 0.6 is 0 Å². The van der Waals surface area contributed by atoms with Gasteiger partial charge in [-0.25, -0.2) is 4.98 Å². The van der Waals surface area contributed by atoms with Crippen LogP contribution in [0.25, 0.3) is 10.9 Å². The molecule has 0 aliphatic rings. The van der Waals surface area contributed by atoms with E-state index in [0.717, 1.165) is 41.6 Å². The van der Waals surface area contributed by atoms with Crippen LogP contribution in [0.2, 0.25) is 0 Å². The summed E-state index contributed by atoms with van der Waals surface area (Å²) in [4.78, 5) is 4.69. The first kappa shape index (κ1) is 12.8. The Kier molecular flexibility index (Phi) is 4.53. The predicted molar refractivity (Wildman–Crippen MR) is 72.9 cm³/mol. The van der Waals surface area contributed by atoms with Gasteiger partial charge in [0, 0.05) is 12.5 Å². The lowest BCUT2D eigenvalue weighted by Crippen LogP contribution is -2.03. The summed E-state index contributed by atoms with van der Waals surface area (Å²) in [6.07, 6.45) is 3.22. The van der Waals surface area contributed by atoms with Gasteiger partial charge in [0.2, 0.25) is 0 Å². The highest BCUT2D eigenvalue weighted by molar-refractivity contribution is 5.80. The summed E-state index contributed by atoms with van der Waals surface area (Å²) in [6.45, 7) is 2.44. The maximum atomic E-state index is 5.61. The summed E-state index contributed by atoms with van der Waals surface area (Å²) in [5.74, 6) is 0.837. The van der Waals surface area contributed by atoms with Crippen molar-refractivity contribution in [3.8, 4) is 5.75 Å². The summed E-state index contributed by atoms with van der Waals surface area (Å²) in [7, 11) is 1.63. The zero-order valence-electron chi connectivity index (χ0n) is 11.0. The second kappa shape index (κ2) is 6.36. The Labute approximate surface area is 108 Å². The third-order valence-corrected chi connectivity index (χ3v) is 2.86. The first-order chi connectivity index (χ1) is 8.85. The number of rotatable bonds is 6. The molecule has 3 heteroatoms. The van der Waals surface area contributed by atoms with Gasteiger partial charge in [-0.05, 0) is 25.0 Å². The minimum Gasteiger partial charge on any atom is -0.466 e. The lowest BCUT2D eigenvalue weighted by atomic mass is 10.1. The SMILES string of the molecule is CCCCc1nc2ccccc2cc1OCOC. The molecule has 0 bridgehead atoms. The predicted octanol–water partition coefficient (Wildman–Crippen LogP) is 3.56. The molecule has 0 unspecified atom stereocenters. The van der Waals surface area contributed by atoms with Crippen molar-refractivity contribution in [2.75, 3.05) is 13.9 Å². The fraction of sp³-hybridized carbons (Fsp3) is 0.400. The van der Waals surface area contributed by atoms with E-state index >= 15 is 0 Å². The van der Waals surface area contributed by atoms with Gasteiger partial charge in [0.05, 0.1) is 11.2 Å². The van der Waals surface area contributed by atoms with Crippen molar-refractivity contribution in [2.45, 2.75) is 26.2 Å². The quantitative estimate of drug-likeness (QED) is 0.729. The Morgan fingerprint density at radius 3 is 2.83 bits per heavy atom. The number of fused-ring (bicyclic) bond motifs is 1. The fourth-order valence-corrected chi connectivity index (χ4v) is 1.91. The zero-order valence-corrected chi connectivity index (χ0v) is 11.0. The molecule has 0 aliphatic heterocycles. The number of para-hydroxylation sites is 1. The Balaban J connectivity index is 2.35. The number of ether oxygens (including phenoxy) is 2. The lowest BCUT2D eigenvalue weighted by Gasteiger charge is -2.11. The van der Waals surface area contributed by atoms with Crippen molar-refractivity contribution < 1.29 is 9.47 Å². The van der Waals surface area contributed by atoms with Crippen LogP contribution in [0.4, 0.5) is 0 Å². The van der Waals surface area contributed by atoms with Crippen LogP contribution in [-0.4, -0.2) is 18.9 Å². The average molecular weight is 245 g/mol. The molecule has 0 amide bonds. The maximum Gasteiger partial charge on any atom is 0.188 e. The van der Waals surface area contributed by atoms with E-state index in [1.807, 2.05) is 30.3 Å². The third kappa shape index (κ3) is 2.99. The summed E-state index contributed by atoms with van der Waals surface area (Å²) >= 11 is 0. The summed E-state index contributed by atoms with van der Waals surface area (Å²) in [5.41, 5.74) is 2.04. The Morgan fingerprint density at radius 1 is 1.22 bits per heavy atom. The van der Waals surface area contributed by atoms with E-state index in [0.29, 0.717) is 0 Å². The van der Waals surface area contributed by atoms with Crippen LogP contribution in [0, 0.1) is 0 Å². The topological polar surface area (TPSA) is 31.4 Å². The molecule has 0 saturated heterocycles. The van der Waals surface area contributed by atoms with Crippen molar-refractivity contribution >= 4 is 10.9 Å². The highest BCUT2D eigenvalue weighted by atomic mass is 16.7. The molecule has 1 aromatic carbocycles. The standard InChI is InChI=1S/C15H19NO2/c1-3-4-8-14-15(18-11-17-2)10-12-7-5-6-9-13(12)16-14/h5-7,9-10H,3-4,8,11H2,1-2H3. The molecule has 0 spiro atoms. The van der Waals surface area contributed by atoms with Gasteiger partial charge in [0.15, 0.2) is 6.79 Å². The number of hydrogen-bond donors (Lipinski definition) is 0. The molecule has 0 N–H and O–H groups in total. The maximum absolute atomic E-state index is 5.61. The van der Waals surface area contributed by atoms with E-state index in [2.05, 4.69) is 11.9 Å². The van der Waals surface area contributed by atoms with Crippen LogP contribution < -0.4 is 4.74 Å². The van der Waals surface area contributed by atoms with E-state index in [4.69, 9.17) is 9.47 Å². The molecule has 3 nitrogen and oxygen atoms in total. The van der Waals surface area contributed by atoms with Gasteiger partial charge in [-0.3, -0.25) is 0 Å². The molecule has 1 heterocycles. The first-order valence-corrected chi connectivity index (χ1v) is 6.35. The molecule has 2 rings (SSSR count). The molecule has 2 aromatic rings. The molecular formula is C15H19NO2. The van der Waals surface area contributed by atoms with Gasteiger partial charge in [-0.15, -0.1) is 0 Å². The minimum atomic E-state index is 0.263. The third-order valence-electron chi connectivity index (χ3n) is 2.86. The van der Waals surface area contributed by atoms with Crippen molar-refractivity contribution in [2.24, 2.45) is 0 Å². The monoisotopic (exact) mass is 245 g/mol. The Hall–Kier alpha value is -1.61. The number of hydrogen-bond acceptors (Lipinski definition) is 3. The van der Waals surface area contributed by atoms with Gasteiger partial charge in [0.25, 0.3) is 0 Å². The highest BCUT2D eigenvalue weighted by Gasteiger charge is 2.07. The van der Waals surface area contributed by atoms with Gasteiger partial charge in [-0.1, -0.05) is 31.5 Å². The fourth-order valence-electron chi connectivity index (χ4n) is 1.91. The van der Waals surface area contributed by atoms with Crippen LogP contribution in [0.1, 0.15) is 25.5 Å². The van der Waals surface area contributed by atoms with Crippen molar-refractivity contribution in [3.05, 3.63) is 36.0 Å². The van der Waals surface area contributed by atoms with Crippen molar-refractivity contribution in [1.29, 1.82) is 0 Å². The van der Waals surface area contributed by atoms with E-state index in [1.165, 1.54) is 0 Å². The summed E-state index contributed by atoms with van der Waals surface area (Å²) < 4.78 is 10.6. The van der Waals surface area contributed by atoms with E-state index in [1.54, 1.807) is 7.11 Å². The van der Waals surface area contributed by atoms with Gasteiger partial charge in [0.1, 0.15) is 5.75 Å². The molecular weight excluding hydrogens is 226 g/mol. The lowest BCUT2D eigenvalue weighted by molar-refractivity contribution is 0.0502. The van der Waals surface area contributed by atoms with E-state index < -0.39 is 0 Å². The minimum absolute atomic E-state index is 0.263. The number of aromatic nitrogens is 1. The Morgan fingerprint density at radius 2 is 2.06 bits per heavy atom. The molecule has 1 aromatic heterocycles. The smallest absolute Gasteiger partial charge is 0.188 e. The summed E-state index contributed by atoms with van der Waals surface area (Å²) in [6, 6.07) is 10.1. The highest BCUT2D eigenvalue weighted by Crippen LogP contribution is 2.24.